The van der Waals surface area contributed by atoms with Gasteiger partial charge in [-0.05, 0) is 13.8 Å². The van der Waals surface area contributed by atoms with Crippen molar-refractivity contribution in [2.45, 2.75) is 19.9 Å². The zero-order valence-corrected chi connectivity index (χ0v) is 12.4. The van der Waals surface area contributed by atoms with Crippen molar-refractivity contribution in [3.8, 4) is 0 Å². The van der Waals surface area contributed by atoms with Crippen LogP contribution in [0.1, 0.15) is 24.3 Å². The summed E-state index contributed by atoms with van der Waals surface area (Å²) in [6.07, 6.45) is 1.20. The van der Waals surface area contributed by atoms with E-state index in [-0.39, 0.29) is 26.8 Å². The molecule has 1 amide bonds. The van der Waals surface area contributed by atoms with Crippen LogP contribution >= 0.6 is 34.8 Å². The molecule has 1 N–H and O–H groups in total. The molecular formula is C11H11Cl3N2O3. The maximum Gasteiger partial charge on any atom is 0.323 e. The maximum atomic E-state index is 12.2. The number of carbonyl (C=O) groups excluding carboxylic acids is 1. The first kappa shape index (κ1) is 16.0. The Bertz CT molecular complexity index is 520. The average molecular weight is 326 g/mol. The quantitative estimate of drug-likeness (QED) is 0.924. The summed E-state index contributed by atoms with van der Waals surface area (Å²) >= 11 is 17.4. The van der Waals surface area contributed by atoms with Crippen LogP contribution in [-0.2, 0) is 4.79 Å². The van der Waals surface area contributed by atoms with Gasteiger partial charge in [-0.25, -0.2) is 4.98 Å². The number of amides is 1. The lowest BCUT2D eigenvalue weighted by Gasteiger charge is -2.24. The number of aliphatic carboxylic acids is 1. The number of carboxylic acid groups (broad SMARTS) is 1. The van der Waals surface area contributed by atoms with Crippen LogP contribution in [0.3, 0.4) is 0 Å². The molecule has 1 heterocycles. The second-order valence-electron chi connectivity index (χ2n) is 4.00. The van der Waals surface area contributed by atoms with Crippen LogP contribution in [-0.4, -0.2) is 39.5 Å². The molecule has 0 aliphatic heterocycles. The number of hydrogen-bond acceptors (Lipinski definition) is 3. The standard InChI is InChI=1S/C11H11Cl3N2O3/c1-5(2)16(4-7(17)18)11(19)10-9(14)8(13)6(12)3-15-10/h3,5H,4H2,1-2H3,(H,17,18). The van der Waals surface area contributed by atoms with Crippen molar-refractivity contribution in [1.82, 2.24) is 9.88 Å². The van der Waals surface area contributed by atoms with Crippen LogP contribution in [0, 0.1) is 0 Å². The molecule has 0 aromatic carbocycles. The Kier molecular flexibility index (Phi) is 5.40. The number of nitrogens with zero attached hydrogens (tertiary/aromatic N) is 2. The third-order valence-corrected chi connectivity index (χ3v) is 3.55. The second kappa shape index (κ2) is 6.41. The van der Waals surface area contributed by atoms with Gasteiger partial charge in [0.15, 0.2) is 0 Å². The highest BCUT2D eigenvalue weighted by molar-refractivity contribution is 6.48. The van der Waals surface area contributed by atoms with Crippen molar-refractivity contribution in [3.63, 3.8) is 0 Å². The van der Waals surface area contributed by atoms with Gasteiger partial charge in [0.25, 0.3) is 5.91 Å². The number of hydrogen-bond donors (Lipinski definition) is 1. The van der Waals surface area contributed by atoms with Crippen molar-refractivity contribution < 1.29 is 14.7 Å². The van der Waals surface area contributed by atoms with E-state index < -0.39 is 18.4 Å². The molecule has 0 atom stereocenters. The molecule has 1 aromatic heterocycles. The lowest BCUT2D eigenvalue weighted by Crippen LogP contribution is -2.41. The Labute approximate surface area is 125 Å². The van der Waals surface area contributed by atoms with Crippen LogP contribution in [0.4, 0.5) is 0 Å². The third kappa shape index (κ3) is 3.72. The summed E-state index contributed by atoms with van der Waals surface area (Å²) in [5, 5.41) is 8.85. The Balaban J connectivity index is 3.17. The molecule has 0 aliphatic carbocycles. The van der Waals surface area contributed by atoms with Crippen molar-refractivity contribution in [3.05, 3.63) is 27.0 Å². The van der Waals surface area contributed by atoms with E-state index in [0.29, 0.717) is 0 Å². The largest absolute Gasteiger partial charge is 0.480 e. The molecule has 19 heavy (non-hydrogen) atoms. The predicted molar refractivity (Wildman–Crippen MR) is 73.1 cm³/mol. The van der Waals surface area contributed by atoms with E-state index in [4.69, 9.17) is 39.9 Å². The zero-order chi connectivity index (χ0) is 14.7. The lowest BCUT2D eigenvalue weighted by atomic mass is 10.2. The summed E-state index contributed by atoms with van der Waals surface area (Å²) in [6.45, 7) is 2.92. The second-order valence-corrected chi connectivity index (χ2v) is 5.17. The summed E-state index contributed by atoms with van der Waals surface area (Å²) in [5.41, 5.74) is -0.119. The van der Waals surface area contributed by atoms with Crippen LogP contribution < -0.4 is 0 Å². The zero-order valence-electron chi connectivity index (χ0n) is 10.2. The molecule has 104 valence electrons. The van der Waals surface area contributed by atoms with Gasteiger partial charge in [-0.1, -0.05) is 34.8 Å². The van der Waals surface area contributed by atoms with E-state index >= 15 is 0 Å². The first-order valence-electron chi connectivity index (χ1n) is 5.28. The van der Waals surface area contributed by atoms with Crippen molar-refractivity contribution >= 4 is 46.7 Å². The smallest absolute Gasteiger partial charge is 0.323 e. The highest BCUT2D eigenvalue weighted by atomic mass is 35.5. The average Bonchev–Trinajstić information content (AvgIpc) is 2.32. The van der Waals surface area contributed by atoms with Gasteiger partial charge >= 0.3 is 5.97 Å². The summed E-state index contributed by atoms with van der Waals surface area (Å²) in [7, 11) is 0. The van der Waals surface area contributed by atoms with Crippen molar-refractivity contribution in [2.75, 3.05) is 6.54 Å². The van der Waals surface area contributed by atoms with Gasteiger partial charge in [0.2, 0.25) is 0 Å². The fourth-order valence-corrected chi connectivity index (χ4v) is 1.92. The molecule has 8 heteroatoms. The van der Waals surface area contributed by atoms with Gasteiger partial charge in [0.1, 0.15) is 12.2 Å². The number of carboxylic acids is 1. The predicted octanol–water partition coefficient (Wildman–Crippen LogP) is 2.98. The van der Waals surface area contributed by atoms with Crippen LogP contribution in [0.5, 0.6) is 0 Å². The highest BCUT2D eigenvalue weighted by Gasteiger charge is 2.26. The Hall–Kier alpha value is -1.04. The van der Waals surface area contributed by atoms with Gasteiger partial charge < -0.3 is 10.0 Å². The topological polar surface area (TPSA) is 70.5 Å². The number of halogens is 3. The van der Waals surface area contributed by atoms with Gasteiger partial charge in [-0.15, -0.1) is 0 Å². The van der Waals surface area contributed by atoms with E-state index in [1.54, 1.807) is 13.8 Å². The molecule has 0 bridgehead atoms. The molecular weight excluding hydrogens is 314 g/mol. The van der Waals surface area contributed by atoms with E-state index in [1.807, 2.05) is 0 Å². The van der Waals surface area contributed by atoms with Gasteiger partial charge in [0.05, 0.1) is 15.1 Å². The van der Waals surface area contributed by atoms with Crippen LogP contribution in [0.2, 0.25) is 15.1 Å². The number of rotatable bonds is 4. The Morgan fingerprint density at radius 2 is 1.89 bits per heavy atom. The summed E-state index contributed by atoms with van der Waals surface area (Å²) in [5.74, 6) is -1.74. The summed E-state index contributed by atoms with van der Waals surface area (Å²) < 4.78 is 0. The molecule has 0 saturated carbocycles. The van der Waals surface area contributed by atoms with E-state index in [2.05, 4.69) is 4.98 Å². The molecule has 1 aromatic rings. The van der Waals surface area contributed by atoms with Crippen molar-refractivity contribution in [2.24, 2.45) is 0 Å². The van der Waals surface area contributed by atoms with Gasteiger partial charge in [-0.3, -0.25) is 9.59 Å². The molecule has 0 saturated heterocycles. The highest BCUT2D eigenvalue weighted by Crippen LogP contribution is 2.31. The monoisotopic (exact) mass is 324 g/mol. The van der Waals surface area contributed by atoms with E-state index in [0.717, 1.165) is 4.90 Å². The Morgan fingerprint density at radius 3 is 2.37 bits per heavy atom. The molecule has 0 fully saturated rings. The van der Waals surface area contributed by atoms with Gasteiger partial charge in [-0.2, -0.15) is 0 Å². The molecule has 5 nitrogen and oxygen atoms in total. The lowest BCUT2D eigenvalue weighted by molar-refractivity contribution is -0.138. The number of pyridine rings is 1. The SMILES string of the molecule is CC(C)N(CC(=O)O)C(=O)c1ncc(Cl)c(Cl)c1Cl. The summed E-state index contributed by atoms with van der Waals surface area (Å²) in [4.78, 5) is 27.9. The summed E-state index contributed by atoms with van der Waals surface area (Å²) in [6, 6.07) is -0.323. The molecule has 1 rings (SSSR count). The van der Waals surface area contributed by atoms with Crippen LogP contribution in [0.15, 0.2) is 6.20 Å². The minimum absolute atomic E-state index is 0.0146. The third-order valence-electron chi connectivity index (χ3n) is 2.31. The van der Waals surface area contributed by atoms with Gasteiger partial charge in [0, 0.05) is 12.2 Å². The molecule has 0 radical (unpaired) electrons. The maximum absolute atomic E-state index is 12.2. The minimum atomic E-state index is -1.13. The first-order valence-corrected chi connectivity index (χ1v) is 6.41. The van der Waals surface area contributed by atoms with E-state index in [1.165, 1.54) is 6.20 Å². The van der Waals surface area contributed by atoms with Crippen LogP contribution in [0.25, 0.3) is 0 Å². The molecule has 0 spiro atoms. The normalized spacial score (nSPS) is 10.6. The first-order chi connectivity index (χ1) is 8.75. The fraction of sp³-hybridized carbons (Fsp3) is 0.364. The Morgan fingerprint density at radius 1 is 1.32 bits per heavy atom. The molecule has 0 unspecified atom stereocenters. The fourth-order valence-electron chi connectivity index (χ4n) is 1.36. The minimum Gasteiger partial charge on any atom is -0.480 e. The number of carbonyl (C=O) groups is 2. The van der Waals surface area contributed by atoms with Crippen molar-refractivity contribution in [1.29, 1.82) is 0 Å². The molecule has 0 aliphatic rings. The number of aromatic nitrogens is 1. The van der Waals surface area contributed by atoms with E-state index in [9.17, 15) is 9.59 Å².